The van der Waals surface area contributed by atoms with Crippen LogP contribution in [0.1, 0.15) is 25.8 Å². The summed E-state index contributed by atoms with van der Waals surface area (Å²) in [6.07, 6.45) is 3.08. The van der Waals surface area contributed by atoms with E-state index in [2.05, 4.69) is 51.8 Å². The normalized spacial score (nSPS) is 21.0. The van der Waals surface area contributed by atoms with Crippen molar-refractivity contribution in [1.82, 2.24) is 15.2 Å². The van der Waals surface area contributed by atoms with Crippen LogP contribution in [-0.2, 0) is 11.3 Å². The van der Waals surface area contributed by atoms with Crippen LogP contribution in [0.4, 0.5) is 5.82 Å². The van der Waals surface area contributed by atoms with Crippen LogP contribution in [0.3, 0.4) is 0 Å². The number of morpholine rings is 1. The second-order valence-electron chi connectivity index (χ2n) is 6.60. The van der Waals surface area contributed by atoms with E-state index < -0.39 is 0 Å². The Morgan fingerprint density at radius 2 is 2.15 bits per heavy atom. The number of guanidine groups is 1. The maximum absolute atomic E-state index is 5.48. The molecule has 1 N–H and O–H groups in total. The molecule has 2 fully saturated rings. The average Bonchev–Trinajstić information content (AvgIpc) is 2.72. The lowest BCUT2D eigenvalue weighted by Crippen LogP contribution is -2.48. The number of nitrogens with zero attached hydrogens (tertiary/aromatic N) is 4. The van der Waals surface area contributed by atoms with Crippen LogP contribution in [0.25, 0.3) is 0 Å². The van der Waals surface area contributed by atoms with Crippen molar-refractivity contribution in [3.8, 4) is 0 Å². The minimum absolute atomic E-state index is 0. The molecule has 1 unspecified atom stereocenters. The highest BCUT2D eigenvalue weighted by Crippen LogP contribution is 2.22. The third-order valence-corrected chi connectivity index (χ3v) is 6.18. The van der Waals surface area contributed by atoms with Gasteiger partial charge in [-0.15, -0.1) is 24.0 Å². The molecule has 3 heterocycles. The zero-order valence-electron chi connectivity index (χ0n) is 16.4. The van der Waals surface area contributed by atoms with Gasteiger partial charge in [0.25, 0.3) is 0 Å². The van der Waals surface area contributed by atoms with Gasteiger partial charge in [0.15, 0.2) is 5.96 Å². The smallest absolute Gasteiger partial charge is 0.194 e. The van der Waals surface area contributed by atoms with E-state index in [9.17, 15) is 0 Å². The molecule has 152 valence electrons. The lowest BCUT2D eigenvalue weighted by molar-refractivity contribution is 0.122. The van der Waals surface area contributed by atoms with Crippen molar-refractivity contribution in [3.63, 3.8) is 0 Å². The maximum Gasteiger partial charge on any atom is 0.194 e. The number of hydrogen-bond acceptors (Lipinski definition) is 5. The summed E-state index contributed by atoms with van der Waals surface area (Å²) in [6.45, 7) is 11.4. The number of hydrogen-bond donors (Lipinski definition) is 1. The van der Waals surface area contributed by atoms with E-state index in [1.165, 1.54) is 17.7 Å². The van der Waals surface area contributed by atoms with Crippen molar-refractivity contribution in [2.24, 2.45) is 4.99 Å². The monoisotopic (exact) mass is 505 g/mol. The molecule has 0 aliphatic carbocycles. The Bertz CT molecular complexity index is 597. The molecule has 1 aromatic heterocycles. The summed E-state index contributed by atoms with van der Waals surface area (Å²) in [5.74, 6) is 3.26. The van der Waals surface area contributed by atoms with Gasteiger partial charge in [0.1, 0.15) is 5.82 Å². The van der Waals surface area contributed by atoms with Gasteiger partial charge < -0.3 is 19.9 Å². The first-order valence-electron chi connectivity index (χ1n) is 9.73. The van der Waals surface area contributed by atoms with Crippen LogP contribution >= 0.6 is 35.7 Å². The van der Waals surface area contributed by atoms with E-state index >= 15 is 0 Å². The summed E-state index contributed by atoms with van der Waals surface area (Å²) in [7, 11) is 0. The van der Waals surface area contributed by atoms with E-state index in [1.54, 1.807) is 0 Å². The molecule has 0 radical (unpaired) electrons. The number of aromatic nitrogens is 1. The molecule has 1 aromatic rings. The highest BCUT2D eigenvalue weighted by molar-refractivity contribution is 14.0. The highest BCUT2D eigenvalue weighted by atomic mass is 127. The van der Waals surface area contributed by atoms with Crippen LogP contribution in [-0.4, -0.2) is 72.8 Å². The molecular weight excluding hydrogens is 473 g/mol. The minimum atomic E-state index is 0. The fraction of sp³-hybridized carbons (Fsp3) is 0.684. The number of aliphatic imine (C=N–C) groups is 1. The summed E-state index contributed by atoms with van der Waals surface area (Å²) < 4.78 is 5.48. The number of halogens is 1. The lowest BCUT2D eigenvalue weighted by Gasteiger charge is -2.34. The molecule has 0 amide bonds. The van der Waals surface area contributed by atoms with Gasteiger partial charge in [0.05, 0.1) is 19.8 Å². The first kappa shape index (κ1) is 22.5. The van der Waals surface area contributed by atoms with Gasteiger partial charge in [-0.1, -0.05) is 13.0 Å². The summed E-state index contributed by atoms with van der Waals surface area (Å²) in [6, 6.07) is 4.15. The largest absolute Gasteiger partial charge is 0.378 e. The Balaban J connectivity index is 0.00000261. The molecule has 2 aliphatic heterocycles. The summed E-state index contributed by atoms with van der Waals surface area (Å²) in [5, 5.41) is 4.18. The molecule has 1 atom stereocenters. The number of nitrogens with one attached hydrogen (secondary N) is 1. The molecule has 0 spiro atoms. The van der Waals surface area contributed by atoms with E-state index in [1.807, 2.05) is 12.3 Å². The van der Waals surface area contributed by atoms with Gasteiger partial charge in [-0.25, -0.2) is 9.98 Å². The molecule has 0 bridgehead atoms. The Hall–Kier alpha value is -0.740. The fourth-order valence-electron chi connectivity index (χ4n) is 3.36. The number of thioether (sulfide) groups is 1. The molecule has 2 aliphatic rings. The van der Waals surface area contributed by atoms with E-state index in [0.29, 0.717) is 11.8 Å². The standard InChI is InChI=1S/C19H31N5OS.HI/c1-3-17-15-24(10-13-26-17)19(20-4-2)22-14-16-6-5-7-21-18(16)23-8-11-25-12-9-23;/h5-7,17H,3-4,8-15H2,1-2H3,(H,20,22);1H. The second kappa shape index (κ2) is 12.0. The molecule has 8 heteroatoms. The van der Waals surface area contributed by atoms with E-state index in [0.717, 1.165) is 57.7 Å². The number of ether oxygens (including phenoxy) is 1. The third-order valence-electron chi connectivity index (χ3n) is 4.81. The van der Waals surface area contributed by atoms with Crippen molar-refractivity contribution in [1.29, 1.82) is 0 Å². The summed E-state index contributed by atoms with van der Waals surface area (Å²) >= 11 is 2.09. The Morgan fingerprint density at radius 3 is 2.89 bits per heavy atom. The zero-order chi connectivity index (χ0) is 18.2. The van der Waals surface area contributed by atoms with Crippen LogP contribution in [0.2, 0.25) is 0 Å². The first-order chi connectivity index (χ1) is 12.8. The Morgan fingerprint density at radius 1 is 1.33 bits per heavy atom. The highest BCUT2D eigenvalue weighted by Gasteiger charge is 2.22. The number of anilines is 1. The van der Waals surface area contributed by atoms with Crippen LogP contribution < -0.4 is 10.2 Å². The molecule has 2 saturated heterocycles. The average molecular weight is 505 g/mol. The van der Waals surface area contributed by atoms with Crippen LogP contribution in [0.15, 0.2) is 23.3 Å². The SMILES string of the molecule is CCNC(=NCc1cccnc1N1CCOCC1)N1CCSC(CC)C1.I. The van der Waals surface area contributed by atoms with Gasteiger partial charge in [0.2, 0.25) is 0 Å². The van der Waals surface area contributed by atoms with Crippen molar-refractivity contribution in [3.05, 3.63) is 23.9 Å². The lowest BCUT2D eigenvalue weighted by atomic mass is 10.2. The fourth-order valence-corrected chi connectivity index (χ4v) is 4.54. The van der Waals surface area contributed by atoms with Gasteiger partial charge in [-0.3, -0.25) is 0 Å². The van der Waals surface area contributed by atoms with Crippen molar-refractivity contribution in [2.75, 3.05) is 56.6 Å². The van der Waals surface area contributed by atoms with Gasteiger partial charge in [-0.2, -0.15) is 11.8 Å². The second-order valence-corrected chi connectivity index (χ2v) is 8.01. The number of rotatable bonds is 5. The minimum Gasteiger partial charge on any atom is -0.378 e. The molecule has 27 heavy (non-hydrogen) atoms. The van der Waals surface area contributed by atoms with Crippen molar-refractivity contribution >= 4 is 47.5 Å². The molecule has 6 nitrogen and oxygen atoms in total. The predicted octanol–water partition coefficient (Wildman–Crippen LogP) is 2.83. The topological polar surface area (TPSA) is 53.0 Å². The first-order valence-corrected chi connectivity index (χ1v) is 10.8. The van der Waals surface area contributed by atoms with Crippen molar-refractivity contribution in [2.45, 2.75) is 32.1 Å². The predicted molar refractivity (Wildman–Crippen MR) is 126 cm³/mol. The molecule has 0 saturated carbocycles. The van der Waals surface area contributed by atoms with Gasteiger partial charge in [-0.05, 0) is 19.4 Å². The maximum atomic E-state index is 5.48. The van der Waals surface area contributed by atoms with Crippen LogP contribution in [0.5, 0.6) is 0 Å². The third kappa shape index (κ3) is 6.39. The molecule has 3 rings (SSSR count). The van der Waals surface area contributed by atoms with Crippen LogP contribution in [0, 0.1) is 0 Å². The molecule has 0 aromatic carbocycles. The summed E-state index contributed by atoms with van der Waals surface area (Å²) in [5.41, 5.74) is 1.18. The van der Waals surface area contributed by atoms with E-state index in [-0.39, 0.29) is 24.0 Å². The Kier molecular flexibility index (Phi) is 9.99. The quantitative estimate of drug-likeness (QED) is 0.378. The van der Waals surface area contributed by atoms with Crippen molar-refractivity contribution < 1.29 is 4.74 Å². The van der Waals surface area contributed by atoms with Gasteiger partial charge in [0, 0.05) is 55.5 Å². The summed E-state index contributed by atoms with van der Waals surface area (Å²) in [4.78, 5) is 14.3. The number of pyridine rings is 1. The van der Waals surface area contributed by atoms with E-state index in [4.69, 9.17) is 9.73 Å². The Labute approximate surface area is 184 Å². The molecular formula is C19H32IN5OS. The zero-order valence-corrected chi connectivity index (χ0v) is 19.5. The van der Waals surface area contributed by atoms with Gasteiger partial charge >= 0.3 is 0 Å².